The molecule has 6 heteroatoms. The summed E-state index contributed by atoms with van der Waals surface area (Å²) in [5, 5.41) is 10.4. The Balaban J connectivity index is 1.53. The van der Waals surface area contributed by atoms with Crippen LogP contribution in [0, 0.1) is 17.3 Å². The topological polar surface area (TPSA) is 89.6 Å². The Labute approximate surface area is 207 Å². The highest BCUT2D eigenvalue weighted by Gasteiger charge is 2.40. The zero-order valence-corrected chi connectivity index (χ0v) is 21.6. The monoisotopic (exact) mass is 483 g/mol. The van der Waals surface area contributed by atoms with Crippen LogP contribution in [0.4, 0.5) is 0 Å². The number of allylic oxidation sites excluding steroid dienone is 3. The number of benzene rings is 1. The average molecular weight is 484 g/mol. The van der Waals surface area contributed by atoms with Crippen LogP contribution >= 0.6 is 11.8 Å². The zero-order chi connectivity index (χ0) is 25.1. The number of hydrogen-bond acceptors (Lipinski definition) is 6. The molecule has 1 aromatic rings. The van der Waals surface area contributed by atoms with Crippen LogP contribution in [0.3, 0.4) is 0 Å². The van der Waals surface area contributed by atoms with Crippen molar-refractivity contribution in [2.45, 2.75) is 64.4 Å². The summed E-state index contributed by atoms with van der Waals surface area (Å²) in [4.78, 5) is 25.6. The van der Waals surface area contributed by atoms with Gasteiger partial charge in [0.25, 0.3) is 0 Å². The van der Waals surface area contributed by atoms with Crippen LogP contribution in [0.1, 0.15) is 53.0 Å². The number of Topliss-reactive ketones (excluding diaryl/α,β-unsaturated/α-hetero) is 1. The number of nitrogens with two attached hydrogens (primary N) is 1. The molecule has 1 aliphatic heterocycles. The van der Waals surface area contributed by atoms with Crippen molar-refractivity contribution in [3.05, 3.63) is 66.0 Å². The molecule has 0 saturated heterocycles. The van der Waals surface area contributed by atoms with Crippen LogP contribution in [-0.2, 0) is 14.3 Å². The van der Waals surface area contributed by atoms with Crippen molar-refractivity contribution in [2.24, 2.45) is 23.0 Å². The van der Waals surface area contributed by atoms with Crippen molar-refractivity contribution in [2.75, 3.05) is 6.61 Å². The molecule has 1 aliphatic carbocycles. The van der Waals surface area contributed by atoms with Crippen LogP contribution in [0.5, 0.6) is 0 Å². The van der Waals surface area contributed by atoms with Crippen molar-refractivity contribution in [1.29, 1.82) is 0 Å². The number of aliphatic hydroxyl groups is 1. The quantitative estimate of drug-likeness (QED) is 0.519. The lowest BCUT2D eigenvalue weighted by atomic mass is 9.67. The third-order valence-electron chi connectivity index (χ3n) is 6.20. The summed E-state index contributed by atoms with van der Waals surface area (Å²) in [6.07, 6.45) is 7.70. The summed E-state index contributed by atoms with van der Waals surface area (Å²) >= 11 is 1.30. The van der Waals surface area contributed by atoms with Gasteiger partial charge in [-0.15, -0.1) is 0 Å². The standard InChI is InChI=1S/C28H37NO4S/c1-27(2,3)25(28(4,5)29)23(31)14-12-20(30)17-33-21-13-11-19-15-22(18-9-7-6-8-10-18)26(32)34-24(19)16-21/h6-11,13,15-16,19-20,24-25,30H,12,14,17,29H2,1-5H3. The largest absolute Gasteiger partial charge is 0.491 e. The summed E-state index contributed by atoms with van der Waals surface area (Å²) in [5.41, 5.74) is 7.07. The normalized spacial score (nSPS) is 22.4. The number of hydrogen-bond donors (Lipinski definition) is 2. The minimum Gasteiger partial charge on any atom is -0.491 e. The number of carbonyl (C=O) groups is 2. The van der Waals surface area contributed by atoms with Crippen LogP contribution in [-0.4, -0.2) is 39.5 Å². The Morgan fingerprint density at radius 3 is 2.44 bits per heavy atom. The van der Waals surface area contributed by atoms with Gasteiger partial charge in [0.05, 0.1) is 6.10 Å². The molecular formula is C28H37NO4S. The fourth-order valence-electron chi connectivity index (χ4n) is 5.03. The van der Waals surface area contributed by atoms with E-state index in [9.17, 15) is 14.7 Å². The summed E-state index contributed by atoms with van der Waals surface area (Å²) in [5.74, 6) is 0.515. The molecule has 0 radical (unpaired) electrons. The second-order valence-corrected chi connectivity index (χ2v) is 12.1. The fraction of sp³-hybridized carbons (Fsp3) is 0.500. The predicted molar refractivity (Wildman–Crippen MR) is 139 cm³/mol. The number of ether oxygens (including phenoxy) is 1. The molecule has 5 nitrogen and oxygen atoms in total. The maximum absolute atomic E-state index is 12.9. The van der Waals surface area contributed by atoms with Crippen molar-refractivity contribution < 1.29 is 19.4 Å². The molecule has 0 spiro atoms. The molecule has 0 saturated carbocycles. The summed E-state index contributed by atoms with van der Waals surface area (Å²) < 4.78 is 5.81. The Kier molecular flexibility index (Phi) is 8.27. The molecule has 3 rings (SSSR count). The lowest BCUT2D eigenvalue weighted by Gasteiger charge is -2.39. The fourth-order valence-corrected chi connectivity index (χ4v) is 6.11. The smallest absolute Gasteiger partial charge is 0.220 e. The van der Waals surface area contributed by atoms with Gasteiger partial charge in [-0.2, -0.15) is 0 Å². The van der Waals surface area contributed by atoms with E-state index >= 15 is 0 Å². The molecule has 1 aromatic carbocycles. The number of fused-ring (bicyclic) bond motifs is 1. The minimum atomic E-state index is -0.761. The molecule has 4 unspecified atom stereocenters. The van der Waals surface area contributed by atoms with Crippen LogP contribution < -0.4 is 5.73 Å². The number of aliphatic hydroxyl groups excluding tert-OH is 1. The van der Waals surface area contributed by atoms with Gasteiger partial charge in [-0.25, -0.2) is 0 Å². The first-order chi connectivity index (χ1) is 15.9. The van der Waals surface area contributed by atoms with Crippen molar-refractivity contribution in [3.63, 3.8) is 0 Å². The van der Waals surface area contributed by atoms with E-state index < -0.39 is 11.6 Å². The predicted octanol–water partition coefficient (Wildman–Crippen LogP) is 4.91. The lowest BCUT2D eigenvalue weighted by molar-refractivity contribution is -0.129. The van der Waals surface area contributed by atoms with Gasteiger partial charge in [0.2, 0.25) is 5.12 Å². The Morgan fingerprint density at radius 1 is 1.15 bits per heavy atom. The number of carbonyl (C=O) groups excluding carboxylic acids is 2. The van der Waals surface area contributed by atoms with Crippen molar-refractivity contribution in [3.8, 4) is 0 Å². The lowest BCUT2D eigenvalue weighted by Crippen LogP contribution is -2.51. The summed E-state index contributed by atoms with van der Waals surface area (Å²) in [6, 6.07) is 9.70. The summed E-state index contributed by atoms with van der Waals surface area (Å²) in [6.45, 7) is 9.90. The molecule has 0 bridgehead atoms. The first-order valence-corrected chi connectivity index (χ1v) is 12.7. The molecule has 3 N–H and O–H groups in total. The Hall–Kier alpha value is -2.15. The first kappa shape index (κ1) is 26.5. The SMILES string of the molecule is CC(C)(C)C(C(=O)CCC(O)COC1=CC2SC(=O)C(c3ccccc3)=CC2C=C1)C(C)(C)N. The van der Waals surface area contributed by atoms with Gasteiger partial charge in [0.1, 0.15) is 18.1 Å². The van der Waals surface area contributed by atoms with E-state index in [1.54, 1.807) is 0 Å². The van der Waals surface area contributed by atoms with Gasteiger partial charge in [-0.3, -0.25) is 9.59 Å². The molecule has 2 aliphatic rings. The Morgan fingerprint density at radius 2 is 1.82 bits per heavy atom. The molecular weight excluding hydrogens is 446 g/mol. The van der Waals surface area contributed by atoms with Gasteiger partial charge >= 0.3 is 0 Å². The van der Waals surface area contributed by atoms with E-state index in [4.69, 9.17) is 10.5 Å². The third-order valence-corrected chi connectivity index (χ3v) is 7.35. The number of rotatable bonds is 9. The van der Waals surface area contributed by atoms with Crippen LogP contribution in [0.2, 0.25) is 0 Å². The molecule has 1 heterocycles. The van der Waals surface area contributed by atoms with Gasteiger partial charge in [-0.05, 0) is 43.4 Å². The Bertz CT molecular complexity index is 968. The van der Waals surface area contributed by atoms with E-state index in [0.717, 1.165) is 11.1 Å². The maximum Gasteiger partial charge on any atom is 0.220 e. The molecule has 0 amide bonds. The van der Waals surface area contributed by atoms with Gasteiger partial charge in [0.15, 0.2) is 0 Å². The van der Waals surface area contributed by atoms with Crippen LogP contribution in [0.25, 0.3) is 5.57 Å². The first-order valence-electron chi connectivity index (χ1n) is 11.9. The number of ketones is 1. The highest BCUT2D eigenvalue weighted by atomic mass is 32.2. The zero-order valence-electron chi connectivity index (χ0n) is 20.8. The number of thioether (sulfide) groups is 1. The molecule has 0 aromatic heterocycles. The maximum atomic E-state index is 12.9. The highest BCUT2D eigenvalue weighted by Crippen LogP contribution is 2.39. The second-order valence-electron chi connectivity index (χ2n) is 10.9. The van der Waals surface area contributed by atoms with Gasteiger partial charge in [-0.1, -0.05) is 75.0 Å². The van der Waals surface area contributed by atoms with Gasteiger partial charge in [0, 0.05) is 34.6 Å². The average Bonchev–Trinajstić information content (AvgIpc) is 2.74. The minimum absolute atomic E-state index is 0.0296. The molecule has 0 fully saturated rings. The molecule has 34 heavy (non-hydrogen) atoms. The molecule has 4 atom stereocenters. The van der Waals surface area contributed by atoms with E-state index in [-0.39, 0.29) is 46.4 Å². The molecule has 184 valence electrons. The second kappa shape index (κ2) is 10.6. The van der Waals surface area contributed by atoms with Gasteiger partial charge < -0.3 is 15.6 Å². The van der Waals surface area contributed by atoms with E-state index in [0.29, 0.717) is 12.2 Å². The highest BCUT2D eigenvalue weighted by molar-refractivity contribution is 8.15. The van der Waals surface area contributed by atoms with E-state index in [1.165, 1.54) is 11.8 Å². The van der Waals surface area contributed by atoms with E-state index in [2.05, 4.69) is 0 Å². The van der Waals surface area contributed by atoms with E-state index in [1.807, 2.05) is 89.3 Å². The van der Waals surface area contributed by atoms with Crippen molar-refractivity contribution in [1.82, 2.24) is 0 Å². The third kappa shape index (κ3) is 6.71. The summed E-state index contributed by atoms with van der Waals surface area (Å²) in [7, 11) is 0. The van der Waals surface area contributed by atoms with Crippen LogP contribution in [0.15, 0.2) is 60.4 Å². The van der Waals surface area contributed by atoms with Crippen molar-refractivity contribution >= 4 is 28.2 Å².